The molecule has 1 aromatic rings. The van der Waals surface area contributed by atoms with Gasteiger partial charge in [-0.25, -0.2) is 0 Å². The van der Waals surface area contributed by atoms with Crippen LogP contribution in [0.3, 0.4) is 0 Å². The van der Waals surface area contributed by atoms with Crippen LogP contribution in [0.4, 0.5) is 0 Å². The molecule has 0 atom stereocenters. The number of aliphatic hydroxyl groups excluding tert-OH is 1. The summed E-state index contributed by atoms with van der Waals surface area (Å²) in [5.41, 5.74) is 1.13. The van der Waals surface area contributed by atoms with Crippen LogP contribution in [-0.2, 0) is 4.79 Å². The number of benzene rings is 1. The Morgan fingerprint density at radius 2 is 2.20 bits per heavy atom. The predicted octanol–water partition coefficient (Wildman–Crippen LogP) is 2.08. The fourth-order valence-corrected chi connectivity index (χ4v) is 2.02. The third kappa shape index (κ3) is 3.97. The number of aliphatic hydroxyl groups is 1. The molecule has 0 aromatic heterocycles. The molecule has 0 aliphatic heterocycles. The molecule has 0 unspecified atom stereocenters. The number of ether oxygens (including phenoxy) is 1. The Balaban J connectivity index is 1.77. The van der Waals surface area contributed by atoms with Gasteiger partial charge >= 0.3 is 0 Å². The zero-order chi connectivity index (χ0) is 14.6. The predicted molar refractivity (Wildman–Crippen MR) is 77.8 cm³/mol. The van der Waals surface area contributed by atoms with Crippen LogP contribution in [0.2, 0.25) is 0 Å². The minimum absolute atomic E-state index is 0.0169. The molecule has 1 aliphatic rings. The molecule has 0 radical (unpaired) electrons. The van der Waals surface area contributed by atoms with Gasteiger partial charge in [0, 0.05) is 12.0 Å². The Morgan fingerprint density at radius 3 is 2.80 bits per heavy atom. The largest absolute Gasteiger partial charge is 0.484 e. The fourth-order valence-electron chi connectivity index (χ4n) is 2.02. The Hall–Kier alpha value is -1.55. The molecule has 1 aromatic carbocycles. The summed E-state index contributed by atoms with van der Waals surface area (Å²) >= 11 is 0. The first-order valence-electron chi connectivity index (χ1n) is 7.15. The summed E-state index contributed by atoms with van der Waals surface area (Å²) in [6.07, 6.45) is 1.97. The number of hydrogen-bond acceptors (Lipinski definition) is 3. The summed E-state index contributed by atoms with van der Waals surface area (Å²) in [7, 11) is 0. The van der Waals surface area contributed by atoms with Gasteiger partial charge in [-0.05, 0) is 36.5 Å². The number of nitrogens with one attached hydrogen (secondary N) is 1. The second-order valence-corrected chi connectivity index (χ2v) is 5.95. The van der Waals surface area contributed by atoms with E-state index >= 15 is 0 Å². The number of carbonyl (C=O) groups excluding carboxylic acids is 1. The van der Waals surface area contributed by atoms with Crippen molar-refractivity contribution < 1.29 is 14.6 Å². The summed E-state index contributed by atoms with van der Waals surface area (Å²) in [5.74, 6) is 1.01. The topological polar surface area (TPSA) is 58.6 Å². The molecule has 0 bridgehead atoms. The van der Waals surface area contributed by atoms with E-state index in [9.17, 15) is 9.90 Å². The highest BCUT2D eigenvalue weighted by Gasteiger charge is 2.42. The van der Waals surface area contributed by atoms with Gasteiger partial charge < -0.3 is 15.2 Å². The van der Waals surface area contributed by atoms with Crippen LogP contribution in [0.25, 0.3) is 0 Å². The molecule has 0 spiro atoms. The minimum atomic E-state index is -0.139. The molecular weight excluding hydrogens is 254 g/mol. The highest BCUT2D eigenvalue weighted by atomic mass is 16.5. The van der Waals surface area contributed by atoms with E-state index in [0.717, 1.165) is 18.6 Å². The smallest absolute Gasteiger partial charge is 0.257 e. The molecular formula is C16H23NO3. The van der Waals surface area contributed by atoms with Crippen LogP contribution in [0, 0.1) is 5.41 Å². The van der Waals surface area contributed by atoms with Crippen LogP contribution in [0.15, 0.2) is 24.3 Å². The molecule has 1 saturated carbocycles. The van der Waals surface area contributed by atoms with Gasteiger partial charge in [-0.2, -0.15) is 0 Å². The average Bonchev–Trinajstić information content (AvgIpc) is 3.24. The average molecular weight is 277 g/mol. The number of rotatable bonds is 7. The molecule has 4 heteroatoms. The fraction of sp³-hybridized carbons (Fsp3) is 0.562. The first kappa shape index (κ1) is 14.9. The normalized spacial score (nSPS) is 16.0. The number of carbonyl (C=O) groups is 1. The van der Waals surface area contributed by atoms with Gasteiger partial charge in [-0.1, -0.05) is 26.0 Å². The quantitative estimate of drug-likeness (QED) is 0.802. The molecule has 1 fully saturated rings. The first-order chi connectivity index (χ1) is 9.54. The van der Waals surface area contributed by atoms with Gasteiger partial charge in [-0.3, -0.25) is 4.79 Å². The van der Waals surface area contributed by atoms with E-state index in [1.165, 1.54) is 5.56 Å². The van der Waals surface area contributed by atoms with Gasteiger partial charge in [-0.15, -0.1) is 0 Å². The molecule has 2 N–H and O–H groups in total. The molecule has 0 saturated heterocycles. The second-order valence-electron chi connectivity index (χ2n) is 5.95. The third-order valence-corrected chi connectivity index (χ3v) is 3.85. The van der Waals surface area contributed by atoms with Crippen LogP contribution in [-0.4, -0.2) is 30.8 Å². The lowest BCUT2D eigenvalue weighted by Crippen LogP contribution is -2.35. The van der Waals surface area contributed by atoms with Crippen molar-refractivity contribution in [3.05, 3.63) is 29.8 Å². The maximum Gasteiger partial charge on any atom is 0.257 e. The van der Waals surface area contributed by atoms with Crippen LogP contribution in [0.5, 0.6) is 5.75 Å². The molecule has 1 aliphatic carbocycles. The molecule has 1 amide bonds. The highest BCUT2D eigenvalue weighted by Crippen LogP contribution is 2.44. The van der Waals surface area contributed by atoms with Crippen molar-refractivity contribution in [2.24, 2.45) is 5.41 Å². The zero-order valence-corrected chi connectivity index (χ0v) is 12.2. The summed E-state index contributed by atoms with van der Waals surface area (Å²) < 4.78 is 5.50. The Morgan fingerprint density at radius 1 is 1.45 bits per heavy atom. The van der Waals surface area contributed by atoms with Crippen molar-refractivity contribution in [2.75, 3.05) is 19.8 Å². The third-order valence-electron chi connectivity index (χ3n) is 3.85. The van der Waals surface area contributed by atoms with E-state index in [1.54, 1.807) is 0 Å². The van der Waals surface area contributed by atoms with Gasteiger partial charge in [0.05, 0.1) is 6.61 Å². The lowest BCUT2D eigenvalue weighted by atomic mass is 10.0. The maximum absolute atomic E-state index is 11.7. The van der Waals surface area contributed by atoms with Gasteiger partial charge in [0.25, 0.3) is 5.91 Å². The summed E-state index contributed by atoms with van der Waals surface area (Å²) in [6.45, 7) is 4.94. The lowest BCUT2D eigenvalue weighted by molar-refractivity contribution is -0.123. The van der Waals surface area contributed by atoms with E-state index in [1.807, 2.05) is 18.2 Å². The van der Waals surface area contributed by atoms with Crippen molar-refractivity contribution >= 4 is 5.91 Å². The van der Waals surface area contributed by atoms with Gasteiger partial charge in [0.1, 0.15) is 5.75 Å². The van der Waals surface area contributed by atoms with Crippen molar-refractivity contribution in [2.45, 2.75) is 32.6 Å². The second kappa shape index (κ2) is 6.27. The van der Waals surface area contributed by atoms with Crippen LogP contribution >= 0.6 is 0 Å². The van der Waals surface area contributed by atoms with E-state index in [-0.39, 0.29) is 24.5 Å². The monoisotopic (exact) mass is 277 g/mol. The van der Waals surface area contributed by atoms with Crippen LogP contribution in [0.1, 0.15) is 38.2 Å². The van der Waals surface area contributed by atoms with Crippen molar-refractivity contribution in [1.29, 1.82) is 0 Å². The summed E-state index contributed by atoms with van der Waals surface area (Å²) in [6, 6.07) is 7.81. The molecule has 4 nitrogen and oxygen atoms in total. The summed E-state index contributed by atoms with van der Waals surface area (Å²) in [4.78, 5) is 11.7. The maximum atomic E-state index is 11.7. The zero-order valence-electron chi connectivity index (χ0n) is 12.2. The van der Waals surface area contributed by atoms with E-state index < -0.39 is 0 Å². The van der Waals surface area contributed by atoms with E-state index in [0.29, 0.717) is 12.5 Å². The minimum Gasteiger partial charge on any atom is -0.484 e. The van der Waals surface area contributed by atoms with Crippen LogP contribution < -0.4 is 10.1 Å². The standard InChI is InChI=1S/C16H23NO3/c1-12(2)13-4-3-5-14(8-13)20-9-15(19)17-10-16(11-18)6-7-16/h3-5,8,12,18H,6-7,9-11H2,1-2H3,(H,17,19). The molecule has 20 heavy (non-hydrogen) atoms. The summed E-state index contributed by atoms with van der Waals surface area (Å²) in [5, 5.41) is 12.0. The lowest BCUT2D eigenvalue weighted by Gasteiger charge is -2.13. The number of amides is 1. The highest BCUT2D eigenvalue weighted by molar-refractivity contribution is 5.77. The van der Waals surface area contributed by atoms with E-state index in [4.69, 9.17) is 4.74 Å². The Bertz CT molecular complexity index is 467. The van der Waals surface area contributed by atoms with Crippen molar-refractivity contribution in [1.82, 2.24) is 5.32 Å². The molecule has 2 rings (SSSR count). The van der Waals surface area contributed by atoms with Crippen molar-refractivity contribution in [3.63, 3.8) is 0 Å². The van der Waals surface area contributed by atoms with E-state index in [2.05, 4.69) is 25.2 Å². The van der Waals surface area contributed by atoms with Gasteiger partial charge in [0.15, 0.2) is 6.61 Å². The first-order valence-corrected chi connectivity index (χ1v) is 7.15. The molecule has 110 valence electrons. The van der Waals surface area contributed by atoms with Gasteiger partial charge in [0.2, 0.25) is 0 Å². The Labute approximate surface area is 120 Å². The van der Waals surface area contributed by atoms with Crippen molar-refractivity contribution in [3.8, 4) is 5.75 Å². The molecule has 0 heterocycles. The number of hydrogen-bond donors (Lipinski definition) is 2. The SMILES string of the molecule is CC(C)c1cccc(OCC(=O)NCC2(CO)CC2)c1. The Kier molecular flexibility index (Phi) is 4.65.